The van der Waals surface area contributed by atoms with Crippen LogP contribution in [-0.2, 0) is 11.2 Å². The van der Waals surface area contributed by atoms with Crippen molar-refractivity contribution in [2.24, 2.45) is 0 Å². The van der Waals surface area contributed by atoms with Crippen LogP contribution >= 0.6 is 23.1 Å². The summed E-state index contributed by atoms with van der Waals surface area (Å²) >= 11 is 2.99. The quantitative estimate of drug-likeness (QED) is 0.690. The fourth-order valence-electron chi connectivity index (χ4n) is 3.11. The summed E-state index contributed by atoms with van der Waals surface area (Å²) in [5, 5.41) is 12.3. The Labute approximate surface area is 169 Å². The molecule has 6 nitrogen and oxygen atoms in total. The molecule has 1 amide bonds. The Morgan fingerprint density at radius 3 is 2.59 bits per heavy atom. The van der Waals surface area contributed by atoms with E-state index in [2.05, 4.69) is 53.6 Å². The molecule has 2 aromatic rings. The van der Waals surface area contributed by atoms with E-state index in [1.54, 1.807) is 4.90 Å². The van der Waals surface area contributed by atoms with Crippen molar-refractivity contribution in [2.75, 3.05) is 38.0 Å². The zero-order chi connectivity index (χ0) is 19.2. The van der Waals surface area contributed by atoms with Crippen LogP contribution in [0.25, 0.3) is 0 Å². The number of thioether (sulfide) groups is 1. The minimum atomic E-state index is -0.141. The lowest BCUT2D eigenvalue weighted by Gasteiger charge is -2.32. The second-order valence-electron chi connectivity index (χ2n) is 6.74. The number of nitrogens with one attached hydrogen (secondary N) is 2. The third-order valence-corrected chi connectivity index (χ3v) is 6.94. The molecule has 1 aromatic carbocycles. The summed E-state index contributed by atoms with van der Waals surface area (Å²) in [4.78, 5) is 16.3. The fraction of sp³-hybridized carbons (Fsp3) is 0.526. The van der Waals surface area contributed by atoms with E-state index in [1.165, 1.54) is 28.7 Å². The lowest BCUT2D eigenvalue weighted by atomic mass is 10.1. The van der Waals surface area contributed by atoms with Gasteiger partial charge in [-0.05, 0) is 38.0 Å². The largest absolute Gasteiger partial charge is 0.332 e. The highest BCUT2D eigenvalue weighted by molar-refractivity contribution is 8.02. The first kappa shape index (κ1) is 20.1. The van der Waals surface area contributed by atoms with Crippen LogP contribution in [0, 0.1) is 0 Å². The Balaban J connectivity index is 1.52. The summed E-state index contributed by atoms with van der Waals surface area (Å²) in [5.74, 6) is 0.204. The van der Waals surface area contributed by atoms with E-state index in [1.807, 2.05) is 11.8 Å². The zero-order valence-electron chi connectivity index (χ0n) is 16.2. The maximum Gasteiger partial charge on any atom is 0.236 e. The lowest BCUT2D eigenvalue weighted by molar-refractivity contribution is -0.902. The smallest absolute Gasteiger partial charge is 0.236 e. The van der Waals surface area contributed by atoms with Gasteiger partial charge in [0, 0.05) is 5.69 Å². The van der Waals surface area contributed by atoms with Crippen LogP contribution in [0.4, 0.5) is 10.8 Å². The topological polar surface area (TPSA) is 62.6 Å². The number of nitrogens with zero attached hydrogens (tertiary/aromatic N) is 3. The Morgan fingerprint density at radius 1 is 1.26 bits per heavy atom. The molecular weight excluding hydrogens is 378 g/mol. The molecule has 1 fully saturated rings. The van der Waals surface area contributed by atoms with Crippen molar-refractivity contribution in [3.05, 3.63) is 29.8 Å². The van der Waals surface area contributed by atoms with Gasteiger partial charge in [-0.2, -0.15) is 0 Å². The molecule has 0 saturated carbocycles. The van der Waals surface area contributed by atoms with Gasteiger partial charge >= 0.3 is 0 Å². The van der Waals surface area contributed by atoms with Gasteiger partial charge in [0.2, 0.25) is 11.0 Å². The van der Waals surface area contributed by atoms with E-state index < -0.39 is 0 Å². The van der Waals surface area contributed by atoms with E-state index in [0.717, 1.165) is 54.3 Å². The average Bonchev–Trinajstić information content (AvgIpc) is 3.14. The van der Waals surface area contributed by atoms with Gasteiger partial charge in [-0.15, -0.1) is 10.2 Å². The molecule has 0 radical (unpaired) electrons. The van der Waals surface area contributed by atoms with Gasteiger partial charge in [0.25, 0.3) is 0 Å². The summed E-state index contributed by atoms with van der Waals surface area (Å²) in [5.41, 5.74) is 2.31. The number of carbonyl (C=O) groups excluding carboxylic acids is 1. The highest BCUT2D eigenvalue weighted by atomic mass is 32.2. The molecule has 2 heterocycles. The molecule has 0 aliphatic carbocycles. The van der Waals surface area contributed by atoms with E-state index in [-0.39, 0.29) is 11.2 Å². The molecule has 1 aliphatic rings. The first-order chi connectivity index (χ1) is 13.1. The van der Waals surface area contributed by atoms with Crippen LogP contribution in [0.1, 0.15) is 26.3 Å². The third-order valence-electron chi connectivity index (χ3n) is 4.93. The number of anilines is 2. The number of carbonyl (C=O) groups is 1. The second kappa shape index (κ2) is 9.52. The van der Waals surface area contributed by atoms with Crippen molar-refractivity contribution in [2.45, 2.75) is 36.8 Å². The number of hydrogen-bond acceptors (Lipinski definition) is 6. The van der Waals surface area contributed by atoms with Crippen LogP contribution in [0.3, 0.4) is 0 Å². The number of amides is 1. The first-order valence-corrected chi connectivity index (χ1v) is 11.3. The minimum Gasteiger partial charge on any atom is -0.332 e. The SMILES string of the molecule is CCc1ccc(Nc2nnc(S[C@H](C)C(=O)N3CC[NH+](CC)CC3)s2)cc1. The van der Waals surface area contributed by atoms with Crippen molar-refractivity contribution in [1.82, 2.24) is 15.1 Å². The van der Waals surface area contributed by atoms with Crippen LogP contribution < -0.4 is 10.2 Å². The molecule has 27 heavy (non-hydrogen) atoms. The maximum absolute atomic E-state index is 12.7. The molecule has 1 aliphatic heterocycles. The first-order valence-electron chi connectivity index (χ1n) is 9.57. The van der Waals surface area contributed by atoms with Crippen LogP contribution in [-0.4, -0.2) is 59.0 Å². The third kappa shape index (κ3) is 5.43. The molecule has 0 bridgehead atoms. The fourth-order valence-corrected chi connectivity index (χ4v) is 5.11. The van der Waals surface area contributed by atoms with Crippen LogP contribution in [0.15, 0.2) is 28.6 Å². The number of hydrogen-bond donors (Lipinski definition) is 2. The highest BCUT2D eigenvalue weighted by Gasteiger charge is 2.27. The van der Waals surface area contributed by atoms with Crippen molar-refractivity contribution in [3.8, 4) is 0 Å². The Bertz CT molecular complexity index is 741. The second-order valence-corrected chi connectivity index (χ2v) is 9.30. The van der Waals surface area contributed by atoms with Gasteiger partial charge in [-0.25, -0.2) is 0 Å². The zero-order valence-corrected chi connectivity index (χ0v) is 17.8. The molecule has 2 N–H and O–H groups in total. The Kier molecular flexibility index (Phi) is 7.09. The van der Waals surface area contributed by atoms with Gasteiger partial charge in [-0.3, -0.25) is 4.79 Å². The molecular formula is C19H28N5OS2+. The van der Waals surface area contributed by atoms with Gasteiger partial charge < -0.3 is 15.1 Å². The molecule has 8 heteroatoms. The van der Waals surface area contributed by atoms with Crippen molar-refractivity contribution >= 4 is 39.8 Å². The Morgan fingerprint density at radius 2 is 1.96 bits per heavy atom. The number of piperazine rings is 1. The summed E-state index contributed by atoms with van der Waals surface area (Å²) in [6.07, 6.45) is 1.03. The molecule has 0 spiro atoms. The number of aryl methyl sites for hydroxylation is 1. The predicted octanol–water partition coefficient (Wildman–Crippen LogP) is 2.07. The maximum atomic E-state index is 12.7. The average molecular weight is 407 g/mol. The summed E-state index contributed by atoms with van der Waals surface area (Å²) < 4.78 is 0.821. The van der Waals surface area contributed by atoms with Gasteiger partial charge in [0.1, 0.15) is 0 Å². The number of aromatic nitrogens is 2. The van der Waals surface area contributed by atoms with Gasteiger partial charge in [0.05, 0.1) is 38.0 Å². The summed E-state index contributed by atoms with van der Waals surface area (Å²) in [7, 11) is 0. The number of quaternary nitrogens is 1. The van der Waals surface area contributed by atoms with Crippen LogP contribution in [0.2, 0.25) is 0 Å². The lowest BCUT2D eigenvalue weighted by Crippen LogP contribution is -3.14. The summed E-state index contributed by atoms with van der Waals surface area (Å²) in [6.45, 7) is 11.2. The highest BCUT2D eigenvalue weighted by Crippen LogP contribution is 2.31. The van der Waals surface area contributed by atoms with E-state index in [4.69, 9.17) is 0 Å². The standard InChI is InChI=1S/C19H27N5OS2/c1-4-15-6-8-16(9-7-15)20-18-21-22-19(27-18)26-14(3)17(25)24-12-10-23(5-2)11-13-24/h6-9,14H,4-5,10-13H2,1-3H3,(H,20,21)/p+1/t14-/m1/s1. The molecule has 146 valence electrons. The number of benzene rings is 1. The molecule has 1 atom stereocenters. The van der Waals surface area contributed by atoms with Crippen molar-refractivity contribution in [1.29, 1.82) is 0 Å². The molecule has 0 unspecified atom stereocenters. The van der Waals surface area contributed by atoms with E-state index in [9.17, 15) is 4.79 Å². The van der Waals surface area contributed by atoms with E-state index in [0.29, 0.717) is 0 Å². The predicted molar refractivity (Wildman–Crippen MR) is 112 cm³/mol. The molecule has 1 aromatic heterocycles. The molecule has 1 saturated heterocycles. The van der Waals surface area contributed by atoms with E-state index >= 15 is 0 Å². The Hall–Kier alpha value is -1.64. The monoisotopic (exact) mass is 406 g/mol. The molecule has 3 rings (SSSR count). The normalized spacial score (nSPS) is 16.3. The van der Waals surface area contributed by atoms with Crippen molar-refractivity contribution in [3.63, 3.8) is 0 Å². The summed E-state index contributed by atoms with van der Waals surface area (Å²) in [6, 6.07) is 8.33. The van der Waals surface area contributed by atoms with Gasteiger partial charge in [0.15, 0.2) is 4.34 Å². The van der Waals surface area contributed by atoms with Gasteiger partial charge in [-0.1, -0.05) is 42.2 Å². The van der Waals surface area contributed by atoms with Crippen LogP contribution in [0.5, 0.6) is 0 Å². The minimum absolute atomic E-state index is 0.141. The van der Waals surface area contributed by atoms with Crippen molar-refractivity contribution < 1.29 is 9.69 Å². The number of likely N-dealkylation sites (N-methyl/N-ethyl adjacent to an activating group) is 1. The number of rotatable bonds is 7.